The molecule has 34 heavy (non-hydrogen) atoms. The Bertz CT molecular complexity index is 1250. The number of carbonyl (C=O) groups excluding carboxylic acids is 1. The van der Waals surface area contributed by atoms with Crippen LogP contribution in [0.25, 0.3) is 11.2 Å². The van der Waals surface area contributed by atoms with Gasteiger partial charge in [-0.3, -0.25) is 4.57 Å². The molecule has 2 fully saturated rings. The molecule has 1 aromatic carbocycles. The summed E-state index contributed by atoms with van der Waals surface area (Å²) in [5, 5.41) is 3.18. The minimum atomic E-state index is -1.68. The molecule has 1 saturated heterocycles. The van der Waals surface area contributed by atoms with E-state index in [9.17, 15) is 9.18 Å². The Labute approximate surface area is 196 Å². The number of hydrogen-bond donors (Lipinski definition) is 2. The summed E-state index contributed by atoms with van der Waals surface area (Å²) in [6.45, 7) is 0.0264. The topological polar surface area (TPSA) is 126 Å². The number of nitrogens with zero attached hydrogens (tertiary/aromatic N) is 4. The molecule has 0 bridgehead atoms. The lowest BCUT2D eigenvalue weighted by Crippen LogP contribution is -2.35. The number of ether oxygens (including phenoxy) is 1. The molecule has 0 amide bonds. The number of nitrogens with one attached hydrogen (secondary N) is 1. The van der Waals surface area contributed by atoms with Gasteiger partial charge >= 0.3 is 14.6 Å². The second-order valence-corrected chi connectivity index (χ2v) is 9.45. The van der Waals surface area contributed by atoms with E-state index in [4.69, 9.17) is 25.9 Å². The van der Waals surface area contributed by atoms with Crippen LogP contribution in [0.2, 0.25) is 0 Å². The summed E-state index contributed by atoms with van der Waals surface area (Å²) in [6, 6.07) is 9.17. The molecular formula is C22H22FN6O4P. The van der Waals surface area contributed by atoms with Gasteiger partial charge in [0.25, 0.3) is 0 Å². The molecule has 1 aliphatic heterocycles. The summed E-state index contributed by atoms with van der Waals surface area (Å²) >= 11 is 0. The van der Waals surface area contributed by atoms with E-state index in [0.29, 0.717) is 31.4 Å². The van der Waals surface area contributed by atoms with E-state index in [-0.39, 0.29) is 23.6 Å². The molecule has 3 aromatic rings. The van der Waals surface area contributed by atoms with Crippen molar-refractivity contribution < 1.29 is 23.0 Å². The Morgan fingerprint density at radius 1 is 1.35 bits per heavy atom. The number of benzene rings is 1. The van der Waals surface area contributed by atoms with Crippen LogP contribution in [0.4, 0.5) is 10.2 Å². The number of fused-ring (bicyclic) bond motifs is 1. The largest absolute Gasteiger partial charge is 0.436 e. The van der Waals surface area contributed by atoms with Crippen molar-refractivity contribution in [1.29, 1.82) is 0 Å². The van der Waals surface area contributed by atoms with Crippen molar-refractivity contribution in [2.75, 3.05) is 12.3 Å². The highest BCUT2D eigenvalue weighted by Gasteiger charge is 2.47. The minimum Gasteiger partial charge on any atom is -0.436 e. The summed E-state index contributed by atoms with van der Waals surface area (Å²) in [5.74, 6) is 3.25. The maximum Gasteiger partial charge on any atom is 0.319 e. The molecule has 10 nitrogen and oxygen atoms in total. The van der Waals surface area contributed by atoms with Crippen molar-refractivity contribution in [3.8, 4) is 18.1 Å². The molecule has 3 atom stereocenters. The Kier molecular flexibility index (Phi) is 5.91. The van der Waals surface area contributed by atoms with Crippen LogP contribution in [0, 0.1) is 18.4 Å². The molecule has 2 unspecified atom stereocenters. The lowest BCUT2D eigenvalue weighted by molar-refractivity contribution is -0.110. The first-order valence-corrected chi connectivity index (χ1v) is 11.8. The second kappa shape index (κ2) is 8.89. The summed E-state index contributed by atoms with van der Waals surface area (Å²) in [5.41, 5.74) is 4.57. The summed E-state index contributed by atoms with van der Waals surface area (Å²) in [4.78, 5) is 23.0. The van der Waals surface area contributed by atoms with Gasteiger partial charge in [-0.05, 0) is 37.8 Å². The molecule has 0 spiro atoms. The Hall–Kier alpha value is -3.16. The van der Waals surface area contributed by atoms with Crippen molar-refractivity contribution in [3.63, 3.8) is 0 Å². The van der Waals surface area contributed by atoms with Crippen LogP contribution in [0.5, 0.6) is 5.75 Å². The van der Waals surface area contributed by atoms with Crippen molar-refractivity contribution in [1.82, 2.24) is 24.6 Å². The number of para-hydroxylation sites is 1. The Balaban J connectivity index is 1.31. The predicted molar refractivity (Wildman–Crippen MR) is 122 cm³/mol. The van der Waals surface area contributed by atoms with Gasteiger partial charge in [0, 0.05) is 0 Å². The number of aromatic nitrogens is 4. The zero-order valence-electron chi connectivity index (χ0n) is 18.1. The number of terminal acetylenes is 1. The minimum absolute atomic E-state index is 0.0264. The van der Waals surface area contributed by atoms with Gasteiger partial charge in [-0.2, -0.15) is 14.4 Å². The van der Waals surface area contributed by atoms with Gasteiger partial charge in [0.05, 0.1) is 18.5 Å². The Morgan fingerprint density at radius 2 is 2.15 bits per heavy atom. The van der Waals surface area contributed by atoms with Crippen LogP contribution in [0.15, 0.2) is 36.7 Å². The van der Waals surface area contributed by atoms with Crippen molar-refractivity contribution in [3.05, 3.63) is 42.7 Å². The van der Waals surface area contributed by atoms with Crippen LogP contribution >= 0.6 is 8.53 Å². The first-order chi connectivity index (χ1) is 16.4. The van der Waals surface area contributed by atoms with Crippen LogP contribution < -0.4 is 15.3 Å². The van der Waals surface area contributed by atoms with Gasteiger partial charge in [-0.15, -0.1) is 6.42 Å². The summed E-state index contributed by atoms with van der Waals surface area (Å²) < 4.78 is 33.6. The first-order valence-electron chi connectivity index (χ1n) is 10.7. The van der Waals surface area contributed by atoms with Crippen LogP contribution in [0.1, 0.15) is 31.9 Å². The number of aldehydes is 1. The quantitative estimate of drug-likeness (QED) is 0.204. The maximum atomic E-state index is 13.7. The van der Waals surface area contributed by atoms with E-state index in [2.05, 4.69) is 26.0 Å². The standard InChI is InChI=1S/C22H22FN6O4P/c1-2-22(9-8-16(32-22)29-14-25-17-18(24)26-20(23)27-19(17)29)13-31-34(28-21(12-30)10-11-21)33-15-6-4-3-5-7-15/h1,3-7,12,14,16,28H,8-11,13H2,(H2,24,26,27)/t16?,22?,34-/m1/s1. The van der Waals surface area contributed by atoms with Gasteiger partial charge in [-0.1, -0.05) is 24.1 Å². The van der Waals surface area contributed by atoms with Crippen LogP contribution in [-0.2, 0) is 14.1 Å². The highest BCUT2D eigenvalue weighted by atomic mass is 31.2. The fourth-order valence-electron chi connectivity index (χ4n) is 3.70. The number of nitrogens with two attached hydrogens (primary N) is 1. The van der Waals surface area contributed by atoms with E-state index < -0.39 is 32.0 Å². The summed E-state index contributed by atoms with van der Waals surface area (Å²) in [7, 11) is -1.68. The molecular weight excluding hydrogens is 462 g/mol. The molecule has 0 radical (unpaired) electrons. The van der Waals surface area contributed by atoms with Crippen molar-refractivity contribution >= 4 is 31.8 Å². The van der Waals surface area contributed by atoms with E-state index in [0.717, 1.165) is 6.29 Å². The number of nitrogen functional groups attached to an aromatic ring is 1. The first kappa shape index (κ1) is 22.6. The van der Waals surface area contributed by atoms with Gasteiger partial charge in [0.15, 0.2) is 22.6 Å². The van der Waals surface area contributed by atoms with Gasteiger partial charge in [0.2, 0.25) is 0 Å². The third kappa shape index (κ3) is 4.45. The molecule has 3 heterocycles. The predicted octanol–water partition coefficient (Wildman–Crippen LogP) is 2.87. The molecule has 2 aromatic heterocycles. The average molecular weight is 484 g/mol. The third-order valence-electron chi connectivity index (χ3n) is 5.83. The lowest BCUT2D eigenvalue weighted by atomic mass is 10.0. The molecule has 1 aliphatic carbocycles. The van der Waals surface area contributed by atoms with Crippen molar-refractivity contribution in [2.45, 2.75) is 43.1 Å². The highest BCUT2D eigenvalue weighted by molar-refractivity contribution is 7.45. The maximum absolute atomic E-state index is 13.7. The van der Waals surface area contributed by atoms with Crippen molar-refractivity contribution in [2.24, 2.45) is 0 Å². The van der Waals surface area contributed by atoms with Gasteiger partial charge < -0.3 is 24.3 Å². The monoisotopic (exact) mass is 484 g/mol. The number of halogens is 1. The third-order valence-corrected chi connectivity index (χ3v) is 7.19. The smallest absolute Gasteiger partial charge is 0.319 e. The average Bonchev–Trinajstić information content (AvgIpc) is 3.28. The highest BCUT2D eigenvalue weighted by Crippen LogP contribution is 2.47. The summed E-state index contributed by atoms with van der Waals surface area (Å²) in [6.07, 6.45) is 9.14. The number of hydrogen-bond acceptors (Lipinski definition) is 9. The molecule has 12 heteroatoms. The van der Waals surface area contributed by atoms with E-state index in [1.807, 2.05) is 18.2 Å². The van der Waals surface area contributed by atoms with Crippen LogP contribution in [-0.4, -0.2) is 43.6 Å². The van der Waals surface area contributed by atoms with E-state index in [1.165, 1.54) is 6.33 Å². The number of imidazole rings is 1. The van der Waals surface area contributed by atoms with Gasteiger partial charge in [-0.25, -0.2) is 10.1 Å². The van der Waals surface area contributed by atoms with E-state index in [1.54, 1.807) is 16.7 Å². The molecule has 3 N–H and O–H groups in total. The zero-order chi connectivity index (χ0) is 23.8. The van der Waals surface area contributed by atoms with Crippen LogP contribution in [0.3, 0.4) is 0 Å². The normalized spacial score (nSPS) is 23.9. The number of carbonyl (C=O) groups is 1. The zero-order valence-corrected chi connectivity index (χ0v) is 19.0. The number of anilines is 1. The fourth-order valence-corrected chi connectivity index (χ4v) is 5.14. The van der Waals surface area contributed by atoms with E-state index >= 15 is 0 Å². The number of rotatable bonds is 9. The SMILES string of the molecule is C#CC1(CO[P@@](NC2(C=O)CC2)Oc2ccccc2)CCC(n2cnc3c(N)nc(F)nc32)O1. The molecule has 176 valence electrons. The lowest BCUT2D eigenvalue weighted by Gasteiger charge is -2.27. The molecule has 2 aliphatic rings. The molecule has 1 saturated carbocycles. The second-order valence-electron chi connectivity index (χ2n) is 8.27. The Morgan fingerprint density at radius 3 is 2.85 bits per heavy atom. The fraction of sp³-hybridized carbons (Fsp3) is 0.364. The molecule has 5 rings (SSSR count). The van der Waals surface area contributed by atoms with Gasteiger partial charge in [0.1, 0.15) is 18.3 Å².